The van der Waals surface area contributed by atoms with E-state index >= 15 is 0 Å². The molecule has 0 aliphatic rings. The average molecular weight is 459 g/mol. The summed E-state index contributed by atoms with van der Waals surface area (Å²) in [6, 6.07) is 7.52. The standard InChI is InChI=1S/C16H12ClIN2O2S/c1-20-7-11(15(19)22)13(21)12-10(14(18)23-16(12)20)6-8-2-4-9(17)5-3-8/h2-5,7H,6H2,1H3,(H2,19,22). The van der Waals surface area contributed by atoms with E-state index in [1.165, 1.54) is 17.5 Å². The lowest BCUT2D eigenvalue weighted by Gasteiger charge is -2.05. The van der Waals surface area contributed by atoms with Crippen molar-refractivity contribution >= 4 is 61.7 Å². The van der Waals surface area contributed by atoms with Gasteiger partial charge in [-0.2, -0.15) is 0 Å². The highest BCUT2D eigenvalue weighted by atomic mass is 127. The lowest BCUT2D eigenvalue weighted by Crippen LogP contribution is -2.23. The van der Waals surface area contributed by atoms with E-state index in [4.69, 9.17) is 17.3 Å². The minimum absolute atomic E-state index is 0.0200. The molecule has 1 amide bonds. The van der Waals surface area contributed by atoms with E-state index in [9.17, 15) is 9.59 Å². The van der Waals surface area contributed by atoms with Gasteiger partial charge in [0.15, 0.2) is 0 Å². The molecule has 0 saturated heterocycles. The Balaban J connectivity index is 2.24. The second kappa shape index (κ2) is 6.26. The van der Waals surface area contributed by atoms with Crippen LogP contribution in [0.3, 0.4) is 0 Å². The summed E-state index contributed by atoms with van der Waals surface area (Å²) in [5.41, 5.74) is 7.04. The predicted molar refractivity (Wildman–Crippen MR) is 103 cm³/mol. The zero-order chi connectivity index (χ0) is 16.7. The average Bonchev–Trinajstić information content (AvgIpc) is 2.83. The molecule has 0 aliphatic carbocycles. The Kier molecular flexibility index (Phi) is 4.48. The fourth-order valence-electron chi connectivity index (χ4n) is 2.49. The second-order valence-electron chi connectivity index (χ2n) is 5.18. The largest absolute Gasteiger partial charge is 0.365 e. The van der Waals surface area contributed by atoms with Crippen LogP contribution in [0.2, 0.25) is 5.02 Å². The van der Waals surface area contributed by atoms with Crippen molar-refractivity contribution in [3.63, 3.8) is 0 Å². The number of aryl methyl sites for hydroxylation is 1. The number of benzene rings is 1. The first-order chi connectivity index (χ1) is 10.9. The maximum absolute atomic E-state index is 12.7. The number of primary amides is 1. The van der Waals surface area contributed by atoms with E-state index in [0.29, 0.717) is 16.8 Å². The Morgan fingerprint density at radius 1 is 1.35 bits per heavy atom. The molecule has 23 heavy (non-hydrogen) atoms. The lowest BCUT2D eigenvalue weighted by molar-refractivity contribution is 0.0999. The number of carbonyl (C=O) groups is 1. The summed E-state index contributed by atoms with van der Waals surface area (Å²) in [5, 5.41) is 1.25. The number of rotatable bonds is 3. The van der Waals surface area contributed by atoms with Gasteiger partial charge in [-0.25, -0.2) is 0 Å². The molecule has 2 aromatic heterocycles. The van der Waals surface area contributed by atoms with E-state index in [2.05, 4.69) is 22.6 Å². The number of carbonyl (C=O) groups excluding carboxylic acids is 1. The summed E-state index contributed by atoms with van der Waals surface area (Å²) in [5.74, 6) is -0.703. The van der Waals surface area contributed by atoms with E-state index in [1.54, 1.807) is 4.57 Å². The molecule has 118 valence electrons. The highest BCUT2D eigenvalue weighted by molar-refractivity contribution is 14.1. The van der Waals surface area contributed by atoms with Crippen LogP contribution in [0.15, 0.2) is 35.3 Å². The molecule has 2 heterocycles. The van der Waals surface area contributed by atoms with E-state index in [-0.39, 0.29) is 11.0 Å². The Bertz CT molecular complexity index is 976. The fourth-order valence-corrected chi connectivity index (χ4v) is 4.69. The highest BCUT2D eigenvalue weighted by Crippen LogP contribution is 2.32. The van der Waals surface area contributed by atoms with Crippen LogP contribution in [0.25, 0.3) is 10.2 Å². The van der Waals surface area contributed by atoms with Crippen LogP contribution in [-0.2, 0) is 13.5 Å². The first kappa shape index (κ1) is 16.5. The van der Waals surface area contributed by atoms with Gasteiger partial charge in [0.2, 0.25) is 5.43 Å². The van der Waals surface area contributed by atoms with Gasteiger partial charge in [0, 0.05) is 24.7 Å². The third-order valence-corrected chi connectivity index (χ3v) is 6.29. The molecule has 1 aromatic carbocycles. The van der Waals surface area contributed by atoms with Crippen molar-refractivity contribution in [2.75, 3.05) is 0 Å². The van der Waals surface area contributed by atoms with Crippen LogP contribution < -0.4 is 11.2 Å². The molecule has 0 atom stereocenters. The first-order valence-corrected chi connectivity index (χ1v) is 9.00. The molecule has 0 unspecified atom stereocenters. The molecular formula is C16H12ClIN2O2S. The van der Waals surface area contributed by atoms with Crippen LogP contribution in [-0.4, -0.2) is 10.5 Å². The summed E-state index contributed by atoms with van der Waals surface area (Å²) in [4.78, 5) is 25.0. The SMILES string of the molecule is Cn1cc(C(N)=O)c(=O)c2c(Cc3ccc(Cl)cc3)c(I)sc21. The van der Waals surface area contributed by atoms with Gasteiger partial charge in [-0.05, 0) is 45.9 Å². The molecule has 2 N–H and O–H groups in total. The molecule has 3 rings (SSSR count). The van der Waals surface area contributed by atoms with Gasteiger partial charge in [-0.1, -0.05) is 23.7 Å². The number of amides is 1. The number of hydrogen-bond acceptors (Lipinski definition) is 3. The maximum atomic E-state index is 12.7. The molecule has 7 heteroatoms. The fraction of sp³-hybridized carbons (Fsp3) is 0.125. The zero-order valence-electron chi connectivity index (χ0n) is 12.1. The monoisotopic (exact) mass is 458 g/mol. The third-order valence-electron chi connectivity index (χ3n) is 3.61. The minimum Gasteiger partial charge on any atom is -0.365 e. The molecule has 4 nitrogen and oxygen atoms in total. The van der Waals surface area contributed by atoms with Gasteiger partial charge >= 0.3 is 0 Å². The van der Waals surface area contributed by atoms with Crippen molar-refractivity contribution in [3.05, 3.63) is 65.3 Å². The zero-order valence-corrected chi connectivity index (χ0v) is 15.8. The number of hydrogen-bond donors (Lipinski definition) is 1. The molecule has 0 fully saturated rings. The van der Waals surface area contributed by atoms with E-state index < -0.39 is 5.91 Å². The minimum atomic E-state index is -0.703. The van der Waals surface area contributed by atoms with Crippen LogP contribution in [0.1, 0.15) is 21.5 Å². The molecule has 0 spiro atoms. The van der Waals surface area contributed by atoms with Crippen molar-refractivity contribution < 1.29 is 4.79 Å². The third kappa shape index (κ3) is 3.02. The quantitative estimate of drug-likeness (QED) is 0.610. The van der Waals surface area contributed by atoms with Crippen molar-refractivity contribution in [1.29, 1.82) is 0 Å². The summed E-state index contributed by atoms with van der Waals surface area (Å²) >= 11 is 9.68. The number of thiophene rings is 1. The number of halogens is 2. The highest BCUT2D eigenvalue weighted by Gasteiger charge is 2.19. The Morgan fingerprint density at radius 2 is 2.00 bits per heavy atom. The van der Waals surface area contributed by atoms with Crippen molar-refractivity contribution in [2.45, 2.75) is 6.42 Å². The Morgan fingerprint density at radius 3 is 2.61 bits per heavy atom. The number of nitrogens with two attached hydrogens (primary N) is 1. The van der Waals surface area contributed by atoms with E-state index in [1.807, 2.05) is 31.3 Å². The topological polar surface area (TPSA) is 65.1 Å². The van der Waals surface area contributed by atoms with E-state index in [0.717, 1.165) is 18.8 Å². The van der Waals surface area contributed by atoms with Crippen molar-refractivity contribution in [1.82, 2.24) is 4.57 Å². The van der Waals surface area contributed by atoms with Gasteiger partial charge in [0.1, 0.15) is 10.4 Å². The number of nitrogens with zero attached hydrogens (tertiary/aromatic N) is 1. The van der Waals surface area contributed by atoms with Gasteiger partial charge < -0.3 is 10.3 Å². The molecule has 0 bridgehead atoms. The van der Waals surface area contributed by atoms with Gasteiger partial charge in [0.05, 0.1) is 8.27 Å². The van der Waals surface area contributed by atoms with Gasteiger partial charge in [-0.3, -0.25) is 9.59 Å². The summed E-state index contributed by atoms with van der Waals surface area (Å²) in [6.45, 7) is 0. The summed E-state index contributed by atoms with van der Waals surface area (Å²) in [6.07, 6.45) is 2.11. The Labute approximate surface area is 155 Å². The smallest absolute Gasteiger partial charge is 0.254 e. The van der Waals surface area contributed by atoms with Crippen LogP contribution in [0.5, 0.6) is 0 Å². The van der Waals surface area contributed by atoms with Gasteiger partial charge in [-0.15, -0.1) is 11.3 Å². The first-order valence-electron chi connectivity index (χ1n) is 6.73. The second-order valence-corrected chi connectivity index (χ2v) is 8.43. The maximum Gasteiger partial charge on any atom is 0.254 e. The number of pyridine rings is 1. The molecule has 0 saturated carbocycles. The molecular weight excluding hydrogens is 447 g/mol. The normalized spacial score (nSPS) is 11.1. The van der Waals surface area contributed by atoms with Gasteiger partial charge in [0.25, 0.3) is 5.91 Å². The van der Waals surface area contributed by atoms with Crippen molar-refractivity contribution in [2.24, 2.45) is 12.8 Å². The molecule has 0 aliphatic heterocycles. The number of aromatic nitrogens is 1. The van der Waals surface area contributed by atoms with Crippen molar-refractivity contribution in [3.8, 4) is 0 Å². The van der Waals surface area contributed by atoms with Crippen LogP contribution in [0.4, 0.5) is 0 Å². The predicted octanol–water partition coefficient (Wildman–Crippen LogP) is 3.55. The number of fused-ring (bicyclic) bond motifs is 1. The van der Waals surface area contributed by atoms with Crippen LogP contribution in [0, 0.1) is 2.88 Å². The van der Waals surface area contributed by atoms with Crippen LogP contribution >= 0.6 is 45.5 Å². The summed E-state index contributed by atoms with van der Waals surface area (Å²) < 4.78 is 2.82. The lowest BCUT2D eigenvalue weighted by atomic mass is 10.0. The molecule has 0 radical (unpaired) electrons. The Hall–Kier alpha value is -1.38. The molecule has 3 aromatic rings. The summed E-state index contributed by atoms with van der Waals surface area (Å²) in [7, 11) is 1.81.